The first-order chi connectivity index (χ1) is 7.18. The average Bonchev–Trinajstić information content (AvgIpc) is 2.23. The molecule has 1 rings (SSSR count). The van der Waals surface area contributed by atoms with Gasteiger partial charge in [-0.2, -0.15) is 0 Å². The third kappa shape index (κ3) is 7.01. The van der Waals surface area contributed by atoms with E-state index in [-0.39, 0.29) is 0 Å². The fraction of sp³-hybridized carbons (Fsp3) is 0.571. The molecule has 1 aromatic rings. The van der Waals surface area contributed by atoms with Crippen LogP contribution in [0.1, 0.15) is 39.7 Å². The Morgan fingerprint density at radius 3 is 2.07 bits per heavy atom. The van der Waals surface area contributed by atoms with Gasteiger partial charge in [-0.25, -0.2) is 0 Å². The van der Waals surface area contributed by atoms with Gasteiger partial charge in [0.2, 0.25) is 0 Å². The Hall–Kier alpha value is -0.980. The van der Waals surface area contributed by atoms with Crippen molar-refractivity contribution < 1.29 is 4.74 Å². The summed E-state index contributed by atoms with van der Waals surface area (Å²) in [4.78, 5) is 0. The molecule has 0 unspecified atom stereocenters. The van der Waals surface area contributed by atoms with Crippen LogP contribution in [0.15, 0.2) is 24.3 Å². The van der Waals surface area contributed by atoms with Crippen LogP contribution >= 0.6 is 0 Å². The first kappa shape index (κ1) is 14.0. The topological polar surface area (TPSA) is 9.23 Å². The van der Waals surface area contributed by atoms with E-state index in [1.165, 1.54) is 5.56 Å². The number of benzene rings is 1. The lowest BCUT2D eigenvalue weighted by atomic mass is 10.1. The van der Waals surface area contributed by atoms with Gasteiger partial charge in [-0.15, -0.1) is 0 Å². The van der Waals surface area contributed by atoms with E-state index in [1.807, 2.05) is 26.0 Å². The number of aryl methyl sites for hydroxylation is 1. The molecule has 1 nitrogen and oxygen atoms in total. The molecule has 0 aliphatic rings. The van der Waals surface area contributed by atoms with Gasteiger partial charge in [0.15, 0.2) is 0 Å². The fourth-order valence-corrected chi connectivity index (χ4v) is 1.05. The number of hydrogen-bond donors (Lipinski definition) is 0. The van der Waals surface area contributed by atoms with Gasteiger partial charge in [-0.05, 0) is 31.4 Å². The predicted octanol–water partition coefficient (Wildman–Crippen LogP) is 4.45. The molecule has 0 bridgehead atoms. The second-order valence-electron chi connectivity index (χ2n) is 3.84. The van der Waals surface area contributed by atoms with Crippen molar-refractivity contribution in [2.75, 3.05) is 6.61 Å². The van der Waals surface area contributed by atoms with Gasteiger partial charge < -0.3 is 4.74 Å². The van der Waals surface area contributed by atoms with Crippen LogP contribution in [0.25, 0.3) is 0 Å². The molecule has 0 aromatic heterocycles. The summed E-state index contributed by atoms with van der Waals surface area (Å²) in [7, 11) is 0. The molecular weight excluding hydrogens is 184 g/mol. The van der Waals surface area contributed by atoms with Crippen LogP contribution in [-0.4, -0.2) is 6.61 Å². The Morgan fingerprint density at radius 2 is 1.60 bits per heavy atom. The maximum Gasteiger partial charge on any atom is 0.119 e. The van der Waals surface area contributed by atoms with Crippen molar-refractivity contribution in [3.63, 3.8) is 0 Å². The minimum Gasteiger partial charge on any atom is -0.494 e. The number of hydrogen-bond acceptors (Lipinski definition) is 1. The molecule has 0 amide bonds. The van der Waals surface area contributed by atoms with Crippen LogP contribution in [0.3, 0.4) is 0 Å². The Kier molecular flexibility index (Phi) is 7.79. The van der Waals surface area contributed by atoms with Crippen molar-refractivity contribution in [3.05, 3.63) is 29.8 Å². The lowest BCUT2D eigenvalue weighted by Gasteiger charge is -2.07. The molecule has 0 radical (unpaired) electrons. The van der Waals surface area contributed by atoms with E-state index >= 15 is 0 Å². The van der Waals surface area contributed by atoms with Crippen LogP contribution < -0.4 is 4.74 Å². The molecule has 15 heavy (non-hydrogen) atoms. The van der Waals surface area contributed by atoms with Gasteiger partial charge >= 0.3 is 0 Å². The molecule has 0 aliphatic carbocycles. The van der Waals surface area contributed by atoms with E-state index in [0.717, 1.165) is 18.8 Å². The van der Waals surface area contributed by atoms with Crippen LogP contribution in [0.2, 0.25) is 0 Å². The first-order valence-corrected chi connectivity index (χ1v) is 5.88. The molecular formula is C14H24O. The number of ether oxygens (including phenoxy) is 1. The lowest BCUT2D eigenvalue weighted by molar-refractivity contribution is 0.289. The van der Waals surface area contributed by atoms with Gasteiger partial charge in [-0.3, -0.25) is 0 Å². The van der Waals surface area contributed by atoms with Gasteiger partial charge in [0.25, 0.3) is 0 Å². The average molecular weight is 208 g/mol. The van der Waals surface area contributed by atoms with Crippen molar-refractivity contribution >= 4 is 0 Å². The lowest BCUT2D eigenvalue weighted by Crippen LogP contribution is -2.01. The zero-order valence-electron chi connectivity index (χ0n) is 10.7. The van der Waals surface area contributed by atoms with Gasteiger partial charge in [0.05, 0.1) is 6.61 Å². The highest BCUT2D eigenvalue weighted by Crippen LogP contribution is 2.12. The van der Waals surface area contributed by atoms with E-state index in [2.05, 4.69) is 32.9 Å². The molecule has 0 atom stereocenters. The summed E-state index contributed by atoms with van der Waals surface area (Å²) in [5.41, 5.74) is 1.27. The summed E-state index contributed by atoms with van der Waals surface area (Å²) in [6, 6.07) is 8.20. The zero-order chi connectivity index (χ0) is 11.7. The maximum atomic E-state index is 5.57. The minimum absolute atomic E-state index is 0.713. The predicted molar refractivity (Wildman–Crippen MR) is 67.5 cm³/mol. The largest absolute Gasteiger partial charge is 0.494 e. The van der Waals surface area contributed by atoms with E-state index in [9.17, 15) is 0 Å². The van der Waals surface area contributed by atoms with E-state index in [4.69, 9.17) is 4.74 Å². The monoisotopic (exact) mass is 208 g/mol. The summed E-state index contributed by atoms with van der Waals surface area (Å²) >= 11 is 0. The molecule has 0 heterocycles. The highest BCUT2D eigenvalue weighted by molar-refractivity contribution is 5.26. The molecule has 0 fully saturated rings. The highest BCUT2D eigenvalue weighted by atomic mass is 16.5. The molecule has 86 valence electrons. The molecule has 0 aliphatic heterocycles. The van der Waals surface area contributed by atoms with Crippen molar-refractivity contribution in [3.8, 4) is 5.75 Å². The summed E-state index contributed by atoms with van der Waals surface area (Å²) in [5.74, 6) is 1.69. The Labute approximate surface area is 94.5 Å². The van der Waals surface area contributed by atoms with Crippen LogP contribution in [0.4, 0.5) is 0 Å². The van der Waals surface area contributed by atoms with Crippen LogP contribution in [0, 0.1) is 12.8 Å². The molecule has 0 saturated heterocycles. The summed E-state index contributed by atoms with van der Waals surface area (Å²) in [6.45, 7) is 11.3. The van der Waals surface area contributed by atoms with Crippen molar-refractivity contribution in [2.24, 2.45) is 5.92 Å². The van der Waals surface area contributed by atoms with Crippen LogP contribution in [-0.2, 0) is 0 Å². The third-order valence-corrected chi connectivity index (χ3v) is 1.98. The fourth-order valence-electron chi connectivity index (χ4n) is 1.05. The Bertz CT molecular complexity index is 236. The SMILES string of the molecule is CC.Cc1ccc(OCCC(C)C)cc1. The summed E-state index contributed by atoms with van der Waals surface area (Å²) in [5, 5.41) is 0. The van der Waals surface area contributed by atoms with E-state index < -0.39 is 0 Å². The second kappa shape index (κ2) is 8.34. The molecule has 0 N–H and O–H groups in total. The van der Waals surface area contributed by atoms with Gasteiger partial charge in [0.1, 0.15) is 5.75 Å². The minimum atomic E-state index is 0.713. The normalized spacial score (nSPS) is 9.47. The molecule has 1 aromatic carbocycles. The number of rotatable bonds is 4. The van der Waals surface area contributed by atoms with Crippen molar-refractivity contribution in [1.82, 2.24) is 0 Å². The quantitative estimate of drug-likeness (QED) is 0.710. The zero-order valence-corrected chi connectivity index (χ0v) is 10.7. The third-order valence-electron chi connectivity index (χ3n) is 1.98. The smallest absolute Gasteiger partial charge is 0.119 e. The Morgan fingerprint density at radius 1 is 1.07 bits per heavy atom. The first-order valence-electron chi connectivity index (χ1n) is 5.88. The maximum absolute atomic E-state index is 5.57. The standard InChI is InChI=1S/C12H18O.C2H6/c1-10(2)8-9-13-12-6-4-11(3)5-7-12;1-2/h4-7,10H,8-9H2,1-3H3;1-2H3. The molecule has 1 heteroatoms. The highest BCUT2D eigenvalue weighted by Gasteiger charge is 1.95. The van der Waals surface area contributed by atoms with E-state index in [1.54, 1.807) is 0 Å². The molecule has 0 saturated carbocycles. The van der Waals surface area contributed by atoms with Gasteiger partial charge in [-0.1, -0.05) is 45.4 Å². The van der Waals surface area contributed by atoms with E-state index in [0.29, 0.717) is 5.92 Å². The summed E-state index contributed by atoms with van der Waals surface area (Å²) in [6.07, 6.45) is 1.12. The van der Waals surface area contributed by atoms with Crippen LogP contribution in [0.5, 0.6) is 5.75 Å². The van der Waals surface area contributed by atoms with Gasteiger partial charge in [0, 0.05) is 0 Å². The summed E-state index contributed by atoms with van der Waals surface area (Å²) < 4.78 is 5.57. The Balaban J connectivity index is 0.000000921. The van der Waals surface area contributed by atoms with Crippen molar-refractivity contribution in [1.29, 1.82) is 0 Å². The second-order valence-corrected chi connectivity index (χ2v) is 3.84. The van der Waals surface area contributed by atoms with Crippen molar-refractivity contribution in [2.45, 2.75) is 41.0 Å². The molecule has 0 spiro atoms.